The lowest BCUT2D eigenvalue weighted by Gasteiger charge is -2.20. The summed E-state index contributed by atoms with van der Waals surface area (Å²) in [6.45, 7) is 3.91. The van der Waals surface area contributed by atoms with E-state index in [1.165, 1.54) is 11.3 Å². The minimum Gasteiger partial charge on any atom is -0.491 e. The van der Waals surface area contributed by atoms with E-state index in [0.29, 0.717) is 10.8 Å². The fourth-order valence-corrected chi connectivity index (χ4v) is 5.74. The molecule has 0 amide bonds. The molecule has 2 atom stereocenters. The lowest BCUT2D eigenvalue weighted by atomic mass is 10.1. The number of aliphatic hydroxyl groups is 1. The van der Waals surface area contributed by atoms with Crippen molar-refractivity contribution in [2.75, 3.05) is 6.61 Å². The molecule has 1 heterocycles. The lowest BCUT2D eigenvalue weighted by Crippen LogP contribution is -2.25. The minimum atomic E-state index is -3.68. The molecule has 0 saturated carbocycles. The summed E-state index contributed by atoms with van der Waals surface area (Å²) in [6, 6.07) is 14.1. The molecule has 0 aliphatic heterocycles. The first-order valence-electron chi connectivity index (χ1n) is 8.94. The van der Waals surface area contributed by atoms with Gasteiger partial charge < -0.3 is 9.84 Å². The number of aliphatic hydroxyl groups excluding tert-OH is 1. The second kappa shape index (κ2) is 8.86. The molecule has 148 valence electrons. The SMILES string of the molecule is Cc1ccc(C)c(OCC(O)CC(c2nccs2)S(=O)(=O)c2ccccc2)c1. The zero-order valence-electron chi connectivity index (χ0n) is 15.8. The number of benzene rings is 2. The topological polar surface area (TPSA) is 76.5 Å². The number of ether oxygens (including phenoxy) is 1. The Morgan fingerprint density at radius 3 is 2.57 bits per heavy atom. The van der Waals surface area contributed by atoms with Crippen LogP contribution in [0, 0.1) is 13.8 Å². The molecule has 5 nitrogen and oxygen atoms in total. The molecule has 0 bridgehead atoms. The van der Waals surface area contributed by atoms with Crippen LogP contribution in [0.5, 0.6) is 5.75 Å². The molecule has 0 aliphatic carbocycles. The van der Waals surface area contributed by atoms with Crippen molar-refractivity contribution in [1.82, 2.24) is 4.98 Å². The van der Waals surface area contributed by atoms with E-state index in [-0.39, 0.29) is 17.9 Å². The van der Waals surface area contributed by atoms with Crippen LogP contribution >= 0.6 is 11.3 Å². The number of aryl methyl sites for hydroxylation is 2. The third kappa shape index (κ3) is 4.79. The van der Waals surface area contributed by atoms with Crippen molar-refractivity contribution in [2.45, 2.75) is 36.5 Å². The summed E-state index contributed by atoms with van der Waals surface area (Å²) in [5, 5.41) is 11.8. The Balaban J connectivity index is 1.78. The molecular weight excluding hydrogens is 394 g/mol. The molecule has 2 unspecified atom stereocenters. The maximum Gasteiger partial charge on any atom is 0.187 e. The van der Waals surface area contributed by atoms with Gasteiger partial charge in [-0.2, -0.15) is 0 Å². The van der Waals surface area contributed by atoms with Crippen LogP contribution in [-0.2, 0) is 9.84 Å². The molecule has 0 aliphatic rings. The molecule has 1 N–H and O–H groups in total. The number of nitrogens with zero attached hydrogens (tertiary/aromatic N) is 1. The van der Waals surface area contributed by atoms with E-state index < -0.39 is 21.2 Å². The highest BCUT2D eigenvalue weighted by Crippen LogP contribution is 2.34. The van der Waals surface area contributed by atoms with Gasteiger partial charge in [-0.3, -0.25) is 0 Å². The van der Waals surface area contributed by atoms with Gasteiger partial charge in [-0.05, 0) is 43.2 Å². The monoisotopic (exact) mass is 417 g/mol. The summed E-state index contributed by atoms with van der Waals surface area (Å²) >= 11 is 1.27. The molecule has 28 heavy (non-hydrogen) atoms. The zero-order valence-corrected chi connectivity index (χ0v) is 17.4. The molecule has 3 rings (SSSR count). The molecule has 0 radical (unpaired) electrons. The van der Waals surface area contributed by atoms with Gasteiger partial charge in [0.2, 0.25) is 0 Å². The molecule has 2 aromatic carbocycles. The third-order valence-electron chi connectivity index (χ3n) is 4.43. The summed E-state index contributed by atoms with van der Waals surface area (Å²) in [5.41, 5.74) is 2.02. The first-order valence-corrected chi connectivity index (χ1v) is 11.4. The summed E-state index contributed by atoms with van der Waals surface area (Å²) in [4.78, 5) is 4.41. The lowest BCUT2D eigenvalue weighted by molar-refractivity contribution is 0.0985. The quantitative estimate of drug-likeness (QED) is 0.597. The van der Waals surface area contributed by atoms with Gasteiger partial charge in [0.05, 0.1) is 11.0 Å². The van der Waals surface area contributed by atoms with Crippen LogP contribution in [0.4, 0.5) is 0 Å². The van der Waals surface area contributed by atoms with Crippen molar-refractivity contribution < 1.29 is 18.3 Å². The number of rotatable bonds is 8. The van der Waals surface area contributed by atoms with Crippen LogP contribution in [0.3, 0.4) is 0 Å². The number of hydrogen-bond donors (Lipinski definition) is 1. The maximum absolute atomic E-state index is 13.2. The van der Waals surface area contributed by atoms with Gasteiger partial charge in [0.25, 0.3) is 0 Å². The van der Waals surface area contributed by atoms with Crippen molar-refractivity contribution in [3.05, 3.63) is 76.2 Å². The highest BCUT2D eigenvalue weighted by Gasteiger charge is 2.33. The second-order valence-corrected chi connectivity index (χ2v) is 9.74. The molecule has 0 spiro atoms. The predicted octanol–water partition coefficient (Wildman–Crippen LogP) is 4.10. The highest BCUT2D eigenvalue weighted by atomic mass is 32.2. The van der Waals surface area contributed by atoms with Gasteiger partial charge in [0.15, 0.2) is 9.84 Å². The summed E-state index contributed by atoms with van der Waals surface area (Å²) in [5.74, 6) is 0.691. The van der Waals surface area contributed by atoms with E-state index in [9.17, 15) is 13.5 Å². The smallest absolute Gasteiger partial charge is 0.187 e. The second-order valence-electron chi connectivity index (χ2n) is 6.69. The Morgan fingerprint density at radius 1 is 1.14 bits per heavy atom. The Bertz CT molecular complexity index is 1000. The number of aromatic nitrogens is 1. The molecule has 1 aromatic heterocycles. The molecule has 0 saturated heterocycles. The minimum absolute atomic E-state index is 0.00953. The van der Waals surface area contributed by atoms with E-state index in [4.69, 9.17) is 4.74 Å². The van der Waals surface area contributed by atoms with Gasteiger partial charge in [0.1, 0.15) is 22.6 Å². The van der Waals surface area contributed by atoms with Crippen molar-refractivity contribution in [2.24, 2.45) is 0 Å². The van der Waals surface area contributed by atoms with E-state index in [2.05, 4.69) is 4.98 Å². The van der Waals surface area contributed by atoms with Crippen molar-refractivity contribution in [3.63, 3.8) is 0 Å². The van der Waals surface area contributed by atoms with E-state index in [0.717, 1.165) is 11.1 Å². The van der Waals surface area contributed by atoms with Crippen molar-refractivity contribution in [1.29, 1.82) is 0 Å². The van der Waals surface area contributed by atoms with E-state index in [1.807, 2.05) is 32.0 Å². The summed E-state index contributed by atoms with van der Waals surface area (Å²) in [6.07, 6.45) is 0.634. The van der Waals surface area contributed by atoms with Gasteiger partial charge >= 0.3 is 0 Å². The van der Waals surface area contributed by atoms with Crippen LogP contribution in [0.2, 0.25) is 0 Å². The Morgan fingerprint density at radius 2 is 1.89 bits per heavy atom. The Kier molecular flexibility index (Phi) is 6.49. The fourth-order valence-electron chi connectivity index (χ4n) is 2.89. The van der Waals surface area contributed by atoms with Crippen LogP contribution in [0.1, 0.15) is 27.8 Å². The predicted molar refractivity (Wildman–Crippen MR) is 111 cm³/mol. The summed E-state index contributed by atoms with van der Waals surface area (Å²) in [7, 11) is -3.68. The van der Waals surface area contributed by atoms with Gasteiger partial charge in [-0.15, -0.1) is 11.3 Å². The molecule has 7 heteroatoms. The first-order chi connectivity index (χ1) is 13.4. The molecule has 3 aromatic rings. The zero-order chi connectivity index (χ0) is 20.1. The van der Waals surface area contributed by atoms with Crippen LogP contribution in [0.15, 0.2) is 65.0 Å². The van der Waals surface area contributed by atoms with Crippen LogP contribution in [-0.4, -0.2) is 31.2 Å². The van der Waals surface area contributed by atoms with Gasteiger partial charge in [-0.1, -0.05) is 30.3 Å². The van der Waals surface area contributed by atoms with Crippen LogP contribution < -0.4 is 4.74 Å². The Hall–Kier alpha value is -2.22. The standard InChI is InChI=1S/C21H23NO4S2/c1-15-8-9-16(2)19(12-15)26-14-17(23)13-20(21-22-10-11-27-21)28(24,25)18-6-4-3-5-7-18/h3-12,17,20,23H,13-14H2,1-2H3. The molecule has 0 fully saturated rings. The van der Waals surface area contributed by atoms with Crippen molar-refractivity contribution in [3.8, 4) is 5.75 Å². The number of thiazole rings is 1. The van der Waals surface area contributed by atoms with E-state index >= 15 is 0 Å². The Labute approximate surface area is 169 Å². The first kappa shape index (κ1) is 20.5. The molecular formula is C21H23NO4S2. The largest absolute Gasteiger partial charge is 0.491 e. The average molecular weight is 418 g/mol. The fraction of sp³-hybridized carbons (Fsp3) is 0.286. The van der Waals surface area contributed by atoms with Gasteiger partial charge in [0, 0.05) is 18.0 Å². The maximum atomic E-state index is 13.2. The highest BCUT2D eigenvalue weighted by molar-refractivity contribution is 7.91. The van der Waals surface area contributed by atoms with E-state index in [1.54, 1.807) is 41.9 Å². The third-order valence-corrected chi connectivity index (χ3v) is 7.57. The summed E-state index contributed by atoms with van der Waals surface area (Å²) < 4.78 is 32.1. The number of hydrogen-bond acceptors (Lipinski definition) is 6. The normalized spacial score (nSPS) is 13.8. The number of sulfone groups is 1. The van der Waals surface area contributed by atoms with Gasteiger partial charge in [-0.25, -0.2) is 13.4 Å². The van der Waals surface area contributed by atoms with Crippen molar-refractivity contribution >= 4 is 21.2 Å². The van der Waals surface area contributed by atoms with Crippen LogP contribution in [0.25, 0.3) is 0 Å². The average Bonchev–Trinajstić information content (AvgIpc) is 3.21.